The van der Waals surface area contributed by atoms with Crippen LogP contribution in [0.25, 0.3) is 0 Å². The normalized spacial score (nSPS) is 11.1. The Bertz CT molecular complexity index is 482. The van der Waals surface area contributed by atoms with Gasteiger partial charge in [-0.2, -0.15) is 0 Å². The van der Waals surface area contributed by atoms with E-state index in [1.807, 2.05) is 0 Å². The summed E-state index contributed by atoms with van der Waals surface area (Å²) in [4.78, 5) is -1.16. The molecule has 0 N–H and O–H groups in total. The van der Waals surface area contributed by atoms with Gasteiger partial charge in [-0.25, -0.2) is 16.8 Å². The summed E-state index contributed by atoms with van der Waals surface area (Å²) in [6.07, 6.45) is 0. The minimum absolute atomic E-state index is 0. The summed E-state index contributed by atoms with van der Waals surface area (Å²) in [6, 6.07) is 3.08. The first kappa shape index (κ1) is 19.4. The van der Waals surface area contributed by atoms with Crippen LogP contribution in [0.5, 0.6) is 0 Å². The van der Waals surface area contributed by atoms with Crippen molar-refractivity contribution >= 4 is 20.2 Å². The van der Waals surface area contributed by atoms with Crippen LogP contribution in [-0.4, -0.2) is 25.9 Å². The van der Waals surface area contributed by atoms with Gasteiger partial charge in [0.2, 0.25) is 0 Å². The maximum Gasteiger partial charge on any atom is 1.00 e. The van der Waals surface area contributed by atoms with Crippen LogP contribution in [0.1, 0.15) is 0 Å². The molecular weight excluding hydrogens is 278 g/mol. The Morgan fingerprint density at radius 1 is 0.688 bits per heavy atom. The molecule has 6 nitrogen and oxygen atoms in total. The molecule has 0 saturated heterocycles. The molecule has 0 atom stereocenters. The smallest absolute Gasteiger partial charge is 0.744 e. The summed E-state index contributed by atoms with van der Waals surface area (Å²) in [5.74, 6) is 0. The van der Waals surface area contributed by atoms with Crippen molar-refractivity contribution in [2.24, 2.45) is 0 Å². The Kier molecular flexibility index (Phi) is 8.28. The van der Waals surface area contributed by atoms with Crippen molar-refractivity contribution in [1.82, 2.24) is 0 Å². The van der Waals surface area contributed by atoms with E-state index in [9.17, 15) is 25.9 Å². The first-order valence-corrected chi connectivity index (χ1v) is 6.05. The van der Waals surface area contributed by atoms with Crippen molar-refractivity contribution in [2.45, 2.75) is 9.79 Å². The fraction of sp³-hybridized carbons (Fsp3) is 0. The van der Waals surface area contributed by atoms with Crippen molar-refractivity contribution in [3.8, 4) is 0 Å². The van der Waals surface area contributed by atoms with Gasteiger partial charge >= 0.3 is 59.1 Å². The molecule has 0 heterocycles. The first-order valence-electron chi connectivity index (χ1n) is 3.23. The van der Waals surface area contributed by atoms with Gasteiger partial charge in [0, 0.05) is 0 Å². The summed E-state index contributed by atoms with van der Waals surface area (Å²) in [6.45, 7) is 0. The van der Waals surface area contributed by atoms with Crippen LogP contribution >= 0.6 is 0 Å². The zero-order valence-corrected chi connectivity index (χ0v) is 14.2. The van der Waals surface area contributed by atoms with Crippen LogP contribution < -0.4 is 59.1 Å². The fourth-order valence-electron chi connectivity index (χ4n) is 0.773. The largest absolute Gasteiger partial charge is 1.00 e. The molecule has 0 spiro atoms. The van der Waals surface area contributed by atoms with Gasteiger partial charge in [-0.05, 0) is 24.3 Å². The summed E-state index contributed by atoms with van der Waals surface area (Å²) in [7, 11) is -9.22. The van der Waals surface area contributed by atoms with E-state index in [0.717, 1.165) is 24.3 Å². The zero-order chi connectivity index (χ0) is 11.0. The van der Waals surface area contributed by atoms with Crippen LogP contribution in [-0.2, 0) is 20.2 Å². The van der Waals surface area contributed by atoms with E-state index < -0.39 is 30.0 Å². The molecular formula is C6H4Na2O6S2. The van der Waals surface area contributed by atoms with E-state index >= 15 is 0 Å². The molecule has 0 saturated carbocycles. The number of hydrogen-bond acceptors (Lipinski definition) is 6. The topological polar surface area (TPSA) is 114 Å². The monoisotopic (exact) mass is 282 g/mol. The molecule has 0 unspecified atom stereocenters. The zero-order valence-electron chi connectivity index (χ0n) is 8.58. The predicted octanol–water partition coefficient (Wildman–Crippen LogP) is -6.50. The number of benzene rings is 1. The minimum Gasteiger partial charge on any atom is -0.744 e. The minimum atomic E-state index is -4.61. The Balaban J connectivity index is 0. The summed E-state index contributed by atoms with van der Waals surface area (Å²) >= 11 is 0. The van der Waals surface area contributed by atoms with E-state index in [-0.39, 0.29) is 59.1 Å². The second-order valence-electron chi connectivity index (χ2n) is 2.38. The van der Waals surface area contributed by atoms with Gasteiger partial charge < -0.3 is 9.11 Å². The quantitative estimate of drug-likeness (QED) is 0.393. The summed E-state index contributed by atoms with van der Waals surface area (Å²) in [5.41, 5.74) is 0. The summed E-state index contributed by atoms with van der Waals surface area (Å²) < 4.78 is 62.5. The third-order valence-corrected chi connectivity index (χ3v) is 3.10. The average Bonchev–Trinajstić information content (AvgIpc) is 2.01. The molecule has 1 aromatic carbocycles. The average molecular weight is 282 g/mol. The molecule has 0 aliphatic heterocycles. The van der Waals surface area contributed by atoms with E-state index in [1.165, 1.54) is 0 Å². The van der Waals surface area contributed by atoms with Crippen molar-refractivity contribution in [3.05, 3.63) is 24.3 Å². The van der Waals surface area contributed by atoms with E-state index in [1.54, 1.807) is 0 Å². The van der Waals surface area contributed by atoms with Gasteiger partial charge in [-0.3, -0.25) is 0 Å². The Hall–Kier alpha value is 1.04. The van der Waals surface area contributed by atoms with E-state index in [0.29, 0.717) is 0 Å². The van der Waals surface area contributed by atoms with Crippen molar-refractivity contribution in [3.63, 3.8) is 0 Å². The molecule has 0 amide bonds. The second kappa shape index (κ2) is 6.83. The fourth-order valence-corrected chi connectivity index (χ4v) is 1.71. The predicted molar refractivity (Wildman–Crippen MR) is 42.4 cm³/mol. The van der Waals surface area contributed by atoms with Gasteiger partial charge in [-0.1, -0.05) is 0 Å². The van der Waals surface area contributed by atoms with Crippen LogP contribution in [0.3, 0.4) is 0 Å². The van der Waals surface area contributed by atoms with Gasteiger partial charge in [0.15, 0.2) is 0 Å². The third-order valence-electron chi connectivity index (χ3n) is 1.40. The Morgan fingerprint density at radius 3 is 1.00 bits per heavy atom. The Labute approximate surface area is 138 Å². The van der Waals surface area contributed by atoms with Crippen molar-refractivity contribution < 1.29 is 85.1 Å². The molecule has 16 heavy (non-hydrogen) atoms. The van der Waals surface area contributed by atoms with E-state index in [2.05, 4.69) is 0 Å². The maximum atomic E-state index is 10.4. The molecule has 0 aliphatic carbocycles. The standard InChI is InChI=1S/C6H6O6S2.2Na/c7-13(8,9)5-1-2-6(4-3-5)14(10,11)12;;/h1-4H,(H,7,8,9)(H,10,11,12);;/q;2*+1/p-2. The molecule has 1 aromatic rings. The third kappa shape index (κ3) is 5.58. The summed E-state index contributed by atoms with van der Waals surface area (Å²) in [5, 5.41) is 0. The van der Waals surface area contributed by atoms with Crippen LogP contribution in [0, 0.1) is 0 Å². The van der Waals surface area contributed by atoms with Crippen molar-refractivity contribution in [1.29, 1.82) is 0 Å². The molecule has 0 aromatic heterocycles. The van der Waals surface area contributed by atoms with Crippen LogP contribution in [0.2, 0.25) is 0 Å². The second-order valence-corrected chi connectivity index (χ2v) is 5.14. The van der Waals surface area contributed by atoms with Gasteiger partial charge in [-0.15, -0.1) is 0 Å². The first-order chi connectivity index (χ1) is 6.21. The van der Waals surface area contributed by atoms with Crippen molar-refractivity contribution in [2.75, 3.05) is 0 Å². The molecule has 1 rings (SSSR count). The molecule has 0 bridgehead atoms. The van der Waals surface area contributed by atoms with Crippen LogP contribution in [0.4, 0.5) is 0 Å². The molecule has 10 heteroatoms. The van der Waals surface area contributed by atoms with Gasteiger partial charge in [0.05, 0.1) is 9.79 Å². The Morgan fingerprint density at radius 2 is 0.875 bits per heavy atom. The molecule has 78 valence electrons. The molecule has 0 aliphatic rings. The van der Waals surface area contributed by atoms with Gasteiger partial charge in [0.25, 0.3) is 0 Å². The SMILES string of the molecule is O=S(=O)([O-])c1ccc(S(=O)(=O)[O-])cc1.[Na+].[Na+]. The maximum absolute atomic E-state index is 10.4. The van der Waals surface area contributed by atoms with E-state index in [4.69, 9.17) is 0 Å². The molecule has 0 fully saturated rings. The van der Waals surface area contributed by atoms with Crippen LogP contribution in [0.15, 0.2) is 34.1 Å². The number of hydrogen-bond donors (Lipinski definition) is 0. The van der Waals surface area contributed by atoms with Gasteiger partial charge in [0.1, 0.15) is 20.2 Å². The molecule has 0 radical (unpaired) electrons. The number of rotatable bonds is 2.